The van der Waals surface area contributed by atoms with Crippen LogP contribution in [0.3, 0.4) is 0 Å². The van der Waals surface area contributed by atoms with Gasteiger partial charge in [0.05, 0.1) is 25.1 Å². The predicted octanol–water partition coefficient (Wildman–Crippen LogP) is -0.0151. The molecule has 0 aliphatic carbocycles. The van der Waals surface area contributed by atoms with E-state index in [-0.39, 0.29) is 11.6 Å². The first kappa shape index (κ1) is 20.4. The molecule has 2 aromatic carbocycles. The van der Waals surface area contributed by atoms with E-state index in [9.17, 15) is 4.79 Å². The summed E-state index contributed by atoms with van der Waals surface area (Å²) >= 11 is 0. The second-order valence-corrected chi connectivity index (χ2v) is 7.96. The van der Waals surface area contributed by atoms with Crippen molar-refractivity contribution in [1.29, 1.82) is 0 Å². The van der Waals surface area contributed by atoms with E-state index in [0.717, 1.165) is 55.6 Å². The monoisotopic (exact) mass is 410 g/mol. The Kier molecular flexibility index (Phi) is 6.01. The van der Waals surface area contributed by atoms with Gasteiger partial charge in [0.1, 0.15) is 38.8 Å². The standard InChI is InChI=1S/C23H28N4O3/c1-16(22-24-19-7-5-4-6-18(19)23(28)25-22)27-12-10-26(11-13-27)15-17-8-9-20(29-2)21(14-17)30-3/h4-9,14,16H,10-13,15H2,1-3H3,(H,24,25,28)/p+2/t16-/m1/s1. The van der Waals surface area contributed by atoms with Crippen molar-refractivity contribution in [1.82, 2.24) is 9.97 Å². The number of fused-ring (bicyclic) bond motifs is 1. The van der Waals surface area contributed by atoms with Gasteiger partial charge in [-0.05, 0) is 37.3 Å². The number of nitrogens with one attached hydrogen (secondary N) is 3. The van der Waals surface area contributed by atoms with Crippen LogP contribution in [0, 0.1) is 0 Å². The van der Waals surface area contributed by atoms with Crippen LogP contribution in [0.5, 0.6) is 11.5 Å². The van der Waals surface area contributed by atoms with Crippen molar-refractivity contribution >= 4 is 10.9 Å². The number of H-pyrrole nitrogens is 1. The molecule has 3 aromatic rings. The Morgan fingerprint density at radius 2 is 1.77 bits per heavy atom. The maximum Gasteiger partial charge on any atom is 0.258 e. The maximum atomic E-state index is 12.4. The molecule has 1 saturated heterocycles. The lowest BCUT2D eigenvalue weighted by atomic mass is 10.1. The molecule has 30 heavy (non-hydrogen) atoms. The Hall–Kier alpha value is -2.90. The fourth-order valence-corrected chi connectivity index (χ4v) is 4.32. The minimum Gasteiger partial charge on any atom is -0.493 e. The van der Waals surface area contributed by atoms with Crippen molar-refractivity contribution in [2.75, 3.05) is 40.4 Å². The minimum absolute atomic E-state index is 0.0560. The molecule has 158 valence electrons. The fourth-order valence-electron chi connectivity index (χ4n) is 4.32. The molecule has 1 aliphatic rings. The molecule has 7 heteroatoms. The number of aromatic nitrogens is 2. The summed E-state index contributed by atoms with van der Waals surface area (Å²) in [4.78, 5) is 23.2. The van der Waals surface area contributed by atoms with Gasteiger partial charge in [0.25, 0.3) is 5.56 Å². The van der Waals surface area contributed by atoms with Crippen LogP contribution in [-0.2, 0) is 6.54 Å². The van der Waals surface area contributed by atoms with Crippen molar-refractivity contribution < 1.29 is 19.3 Å². The summed E-state index contributed by atoms with van der Waals surface area (Å²) in [6, 6.07) is 13.8. The third-order valence-corrected chi connectivity index (χ3v) is 6.16. The van der Waals surface area contributed by atoms with Crippen molar-refractivity contribution in [2.45, 2.75) is 19.5 Å². The number of rotatable bonds is 6. The van der Waals surface area contributed by atoms with Gasteiger partial charge in [0, 0.05) is 5.56 Å². The molecule has 0 radical (unpaired) electrons. The highest BCUT2D eigenvalue weighted by Crippen LogP contribution is 2.27. The molecule has 0 saturated carbocycles. The SMILES string of the molecule is COc1ccc(C[NH+]2CC[NH+]([C@H](C)c3nc4ccccc4c(=O)[nH]3)CC2)cc1OC. The quantitative estimate of drug-likeness (QED) is 0.534. The normalized spacial score (nSPS) is 20.1. The lowest BCUT2D eigenvalue weighted by molar-refractivity contribution is -1.03. The summed E-state index contributed by atoms with van der Waals surface area (Å²) in [6.07, 6.45) is 0. The van der Waals surface area contributed by atoms with E-state index in [4.69, 9.17) is 14.5 Å². The van der Waals surface area contributed by atoms with Gasteiger partial charge in [0.2, 0.25) is 0 Å². The molecule has 0 amide bonds. The van der Waals surface area contributed by atoms with Gasteiger partial charge in [0.15, 0.2) is 17.3 Å². The number of ether oxygens (including phenoxy) is 2. The number of methoxy groups -OCH3 is 2. The van der Waals surface area contributed by atoms with Gasteiger partial charge in [-0.15, -0.1) is 0 Å². The van der Waals surface area contributed by atoms with Crippen LogP contribution in [0.15, 0.2) is 47.3 Å². The Bertz CT molecular complexity index is 1070. The molecule has 1 aromatic heterocycles. The van der Waals surface area contributed by atoms with Crippen molar-refractivity contribution in [3.63, 3.8) is 0 Å². The predicted molar refractivity (Wildman–Crippen MR) is 115 cm³/mol. The zero-order valence-electron chi connectivity index (χ0n) is 17.8. The third kappa shape index (κ3) is 4.17. The summed E-state index contributed by atoms with van der Waals surface area (Å²) in [5.41, 5.74) is 1.96. The number of hydrogen-bond donors (Lipinski definition) is 3. The molecule has 7 nitrogen and oxygen atoms in total. The second-order valence-electron chi connectivity index (χ2n) is 7.96. The fraction of sp³-hybridized carbons (Fsp3) is 0.391. The highest BCUT2D eigenvalue weighted by Gasteiger charge is 2.29. The van der Waals surface area contributed by atoms with E-state index in [2.05, 4.69) is 24.0 Å². The molecule has 0 spiro atoms. The lowest BCUT2D eigenvalue weighted by Gasteiger charge is -2.32. The van der Waals surface area contributed by atoms with Crippen LogP contribution < -0.4 is 24.8 Å². The molecule has 3 N–H and O–H groups in total. The van der Waals surface area contributed by atoms with Crippen LogP contribution >= 0.6 is 0 Å². The summed E-state index contributed by atoms with van der Waals surface area (Å²) in [6.45, 7) is 7.35. The third-order valence-electron chi connectivity index (χ3n) is 6.16. The number of hydrogen-bond acceptors (Lipinski definition) is 4. The summed E-state index contributed by atoms with van der Waals surface area (Å²) < 4.78 is 10.8. The van der Waals surface area contributed by atoms with Gasteiger partial charge in [-0.25, -0.2) is 4.98 Å². The zero-order chi connectivity index (χ0) is 21.1. The number of para-hydroxylation sites is 1. The van der Waals surface area contributed by atoms with Crippen LogP contribution in [0.1, 0.15) is 24.4 Å². The van der Waals surface area contributed by atoms with Gasteiger partial charge in [-0.3, -0.25) is 4.79 Å². The minimum atomic E-state index is -0.0560. The van der Waals surface area contributed by atoms with E-state index in [1.165, 1.54) is 10.5 Å². The smallest absolute Gasteiger partial charge is 0.258 e. The first-order chi connectivity index (χ1) is 14.6. The lowest BCUT2D eigenvalue weighted by Crippen LogP contribution is -3.27. The summed E-state index contributed by atoms with van der Waals surface area (Å²) in [7, 11) is 3.33. The zero-order valence-corrected chi connectivity index (χ0v) is 17.8. The average Bonchev–Trinajstić information content (AvgIpc) is 2.79. The number of quaternary nitrogens is 2. The Morgan fingerprint density at radius 3 is 2.50 bits per heavy atom. The van der Waals surface area contributed by atoms with Gasteiger partial charge < -0.3 is 24.3 Å². The van der Waals surface area contributed by atoms with E-state index >= 15 is 0 Å². The molecular weight excluding hydrogens is 380 g/mol. The largest absolute Gasteiger partial charge is 0.493 e. The van der Waals surface area contributed by atoms with Crippen LogP contribution in [0.2, 0.25) is 0 Å². The molecular formula is C23H30N4O3+2. The highest BCUT2D eigenvalue weighted by molar-refractivity contribution is 5.77. The molecule has 2 heterocycles. The number of aromatic amines is 1. The highest BCUT2D eigenvalue weighted by atomic mass is 16.5. The van der Waals surface area contributed by atoms with Crippen molar-refractivity contribution in [2.24, 2.45) is 0 Å². The second kappa shape index (κ2) is 8.85. The van der Waals surface area contributed by atoms with Crippen LogP contribution in [0.25, 0.3) is 10.9 Å². The number of benzene rings is 2. The first-order valence-electron chi connectivity index (χ1n) is 10.5. The van der Waals surface area contributed by atoms with Gasteiger partial charge >= 0.3 is 0 Å². The van der Waals surface area contributed by atoms with Crippen molar-refractivity contribution in [3.05, 3.63) is 64.2 Å². The average molecular weight is 411 g/mol. The molecule has 1 fully saturated rings. The summed E-state index contributed by atoms with van der Waals surface area (Å²) in [5, 5.41) is 0.646. The first-order valence-corrected chi connectivity index (χ1v) is 10.5. The van der Waals surface area contributed by atoms with E-state index in [1.807, 2.05) is 30.3 Å². The van der Waals surface area contributed by atoms with Crippen LogP contribution in [-0.4, -0.2) is 50.4 Å². The van der Waals surface area contributed by atoms with Gasteiger partial charge in [-0.2, -0.15) is 0 Å². The Balaban J connectivity index is 1.40. The summed E-state index contributed by atoms with van der Waals surface area (Å²) in [5.74, 6) is 2.31. The van der Waals surface area contributed by atoms with Crippen molar-refractivity contribution in [3.8, 4) is 11.5 Å². The Labute approximate surface area is 176 Å². The number of piperazine rings is 1. The molecule has 1 atom stereocenters. The molecule has 0 unspecified atom stereocenters. The van der Waals surface area contributed by atoms with E-state index < -0.39 is 0 Å². The van der Waals surface area contributed by atoms with E-state index in [0.29, 0.717) is 5.39 Å². The maximum absolute atomic E-state index is 12.4. The topological polar surface area (TPSA) is 73.1 Å². The van der Waals surface area contributed by atoms with Crippen LogP contribution in [0.4, 0.5) is 0 Å². The Morgan fingerprint density at radius 1 is 1.03 bits per heavy atom. The molecule has 0 bridgehead atoms. The molecule has 4 rings (SSSR count). The van der Waals surface area contributed by atoms with Gasteiger partial charge in [-0.1, -0.05) is 12.1 Å². The van der Waals surface area contributed by atoms with E-state index in [1.54, 1.807) is 19.1 Å². The number of nitrogens with zero attached hydrogens (tertiary/aromatic N) is 1. The molecule has 1 aliphatic heterocycles.